The van der Waals surface area contributed by atoms with Crippen LogP contribution in [0.3, 0.4) is 0 Å². The lowest BCUT2D eigenvalue weighted by atomic mass is 10.7. The van der Waals surface area contributed by atoms with Crippen molar-refractivity contribution >= 4 is 29.0 Å². The summed E-state index contributed by atoms with van der Waals surface area (Å²) in [5, 5.41) is 0. The fourth-order valence-electron chi connectivity index (χ4n) is 0.271. The molecule has 7 heavy (non-hydrogen) atoms. The number of nitrogens with zero attached hydrogens (tertiary/aromatic N) is 1. The molecule has 1 nitrogen and oxygen atoms in total. The van der Waals surface area contributed by atoms with Crippen molar-refractivity contribution in [1.29, 1.82) is 0 Å². The molecule has 0 aliphatic rings. The van der Waals surface area contributed by atoms with Gasteiger partial charge in [0.2, 0.25) is 0 Å². The molecule has 0 aliphatic carbocycles. The first-order chi connectivity index (χ1) is 3.13. The third-order valence-electron chi connectivity index (χ3n) is 0.451. The molecule has 42 valence electrons. The predicted molar refractivity (Wildman–Crippen MR) is 40.1 cm³/mol. The maximum absolute atomic E-state index is 4.69. The van der Waals surface area contributed by atoms with E-state index in [1.807, 2.05) is 19.0 Å². The van der Waals surface area contributed by atoms with Gasteiger partial charge in [0.15, 0.2) is 0 Å². The lowest BCUT2D eigenvalue weighted by molar-refractivity contribution is 0.474. The van der Waals surface area contributed by atoms with Crippen LogP contribution in [0.15, 0.2) is 0 Å². The Morgan fingerprint density at radius 1 is 1.71 bits per heavy atom. The highest BCUT2D eigenvalue weighted by atomic mass is 32.1. The molecule has 0 unspecified atom stereocenters. The van der Waals surface area contributed by atoms with Crippen LogP contribution in [0.2, 0.25) is 0 Å². The summed E-state index contributed by atoms with van der Waals surface area (Å²) in [6.07, 6.45) is 0. The van der Waals surface area contributed by atoms with Crippen LogP contribution in [-0.2, 0) is 0 Å². The Labute approximate surface area is 55.1 Å². The topological polar surface area (TPSA) is 3.24 Å². The average molecular weight is 135 g/mol. The first kappa shape index (κ1) is 7.40. The van der Waals surface area contributed by atoms with Crippen LogP contribution in [0, 0.1) is 0 Å². The minimum atomic E-state index is 0.741. The second kappa shape index (κ2) is 3.41. The van der Waals surface area contributed by atoms with Gasteiger partial charge in [-0.3, -0.25) is 0 Å². The largest absolute Gasteiger partial charge is 0.304 e. The van der Waals surface area contributed by atoms with Gasteiger partial charge in [-0.05, 0) is 14.1 Å². The number of rotatable bonds is 2. The van der Waals surface area contributed by atoms with E-state index in [0.29, 0.717) is 0 Å². The molecule has 0 aliphatic heterocycles. The lowest BCUT2D eigenvalue weighted by Gasteiger charge is -2.04. The summed E-state index contributed by atoms with van der Waals surface area (Å²) in [4.78, 5) is 1.98. The van der Waals surface area contributed by atoms with Gasteiger partial charge in [0, 0.05) is 6.54 Å². The van der Waals surface area contributed by atoms with Crippen LogP contribution in [0.25, 0.3) is 0 Å². The Hall–Kier alpha value is 0.400. The normalized spacial score (nSPS) is 9.71. The quantitative estimate of drug-likeness (QED) is 0.441. The van der Waals surface area contributed by atoms with E-state index in [9.17, 15) is 0 Å². The summed E-state index contributed by atoms with van der Waals surface area (Å²) in [6.45, 7) is 0.790. The van der Waals surface area contributed by atoms with Gasteiger partial charge < -0.3 is 4.90 Å². The monoisotopic (exact) mass is 135 g/mol. The molecule has 3 heteroatoms. The Morgan fingerprint density at radius 2 is 2.14 bits per heavy atom. The van der Waals surface area contributed by atoms with Gasteiger partial charge in [-0.2, -0.15) is 0 Å². The molecule has 0 N–H and O–H groups in total. The summed E-state index contributed by atoms with van der Waals surface area (Å²) < 4.78 is 0.741. The zero-order chi connectivity index (χ0) is 5.86. The number of thiol groups is 1. The zero-order valence-corrected chi connectivity index (χ0v) is 6.22. The Kier molecular flexibility index (Phi) is 3.60. The highest BCUT2D eigenvalue weighted by Gasteiger charge is 1.88. The molecule has 0 amide bonds. The molecular weight excluding hydrogens is 126 g/mol. The van der Waals surface area contributed by atoms with E-state index in [-0.39, 0.29) is 0 Å². The minimum Gasteiger partial charge on any atom is -0.304 e. The summed E-state index contributed by atoms with van der Waals surface area (Å²) in [5.41, 5.74) is 0. The van der Waals surface area contributed by atoms with Gasteiger partial charge >= 0.3 is 0 Å². The van der Waals surface area contributed by atoms with E-state index in [0.717, 1.165) is 10.7 Å². The molecule has 0 heterocycles. The molecule has 0 aromatic carbocycles. The number of hydrogen-bond acceptors (Lipinski definition) is 2. The highest BCUT2D eigenvalue weighted by molar-refractivity contribution is 8.11. The number of hydrogen-bond donors (Lipinski definition) is 1. The van der Waals surface area contributed by atoms with Crippen molar-refractivity contribution in [2.45, 2.75) is 0 Å². The predicted octanol–water partition coefficient (Wildman–Crippen LogP) is 0.805. The fourth-order valence-corrected chi connectivity index (χ4v) is 0.812. The van der Waals surface area contributed by atoms with Crippen molar-refractivity contribution in [2.24, 2.45) is 0 Å². The first-order valence-electron chi connectivity index (χ1n) is 1.99. The van der Waals surface area contributed by atoms with E-state index in [2.05, 4.69) is 12.6 Å². The fraction of sp³-hybridized carbons (Fsp3) is 0.750. The molecule has 0 spiro atoms. The summed E-state index contributed by atoms with van der Waals surface area (Å²) in [5.74, 6) is 0. The van der Waals surface area contributed by atoms with E-state index in [4.69, 9.17) is 12.2 Å². The molecule has 0 fully saturated rings. The second-order valence-corrected chi connectivity index (χ2v) is 2.97. The van der Waals surface area contributed by atoms with Gasteiger partial charge in [0.1, 0.15) is 0 Å². The molecule has 0 aromatic rings. The third-order valence-corrected chi connectivity index (χ3v) is 0.722. The van der Waals surface area contributed by atoms with Gasteiger partial charge in [-0.1, -0.05) is 12.2 Å². The summed E-state index contributed by atoms with van der Waals surface area (Å²) >= 11 is 8.62. The van der Waals surface area contributed by atoms with Crippen LogP contribution < -0.4 is 0 Å². The summed E-state index contributed by atoms with van der Waals surface area (Å²) in [6, 6.07) is 0. The second-order valence-electron chi connectivity index (χ2n) is 1.63. The van der Waals surface area contributed by atoms with Crippen LogP contribution in [0.5, 0.6) is 0 Å². The zero-order valence-electron chi connectivity index (χ0n) is 4.51. The van der Waals surface area contributed by atoms with Gasteiger partial charge in [0.05, 0.1) is 4.20 Å². The Balaban J connectivity index is 3.13. The molecule has 0 radical (unpaired) electrons. The van der Waals surface area contributed by atoms with Crippen molar-refractivity contribution in [3.8, 4) is 0 Å². The minimum absolute atomic E-state index is 0.741. The maximum atomic E-state index is 4.69. The molecule has 0 saturated heterocycles. The Morgan fingerprint density at radius 3 is 2.14 bits per heavy atom. The van der Waals surface area contributed by atoms with Crippen molar-refractivity contribution in [2.75, 3.05) is 20.6 Å². The summed E-state index contributed by atoms with van der Waals surface area (Å²) in [7, 11) is 3.92. The molecule has 0 bridgehead atoms. The molecular formula is C4H9NS2. The van der Waals surface area contributed by atoms with Crippen molar-refractivity contribution in [3.05, 3.63) is 0 Å². The first-order valence-corrected chi connectivity index (χ1v) is 2.85. The molecule has 0 atom stereocenters. The highest BCUT2D eigenvalue weighted by Crippen LogP contribution is 1.84. The average Bonchev–Trinajstić information content (AvgIpc) is 1.27. The standard InChI is InChI=1S/C4H9NS2/c1-5(2)3-4(6)7/h3H2,1-2H3,(H,6,7). The van der Waals surface area contributed by atoms with Crippen molar-refractivity contribution in [1.82, 2.24) is 4.90 Å². The maximum Gasteiger partial charge on any atom is 0.0588 e. The van der Waals surface area contributed by atoms with E-state index >= 15 is 0 Å². The Bertz CT molecular complexity index is 70.1. The van der Waals surface area contributed by atoms with Gasteiger partial charge in [-0.15, -0.1) is 12.6 Å². The van der Waals surface area contributed by atoms with Crippen LogP contribution in [-0.4, -0.2) is 29.7 Å². The molecule has 0 saturated carbocycles. The van der Waals surface area contributed by atoms with Crippen LogP contribution >= 0.6 is 24.8 Å². The van der Waals surface area contributed by atoms with Crippen molar-refractivity contribution in [3.63, 3.8) is 0 Å². The lowest BCUT2D eigenvalue weighted by Crippen LogP contribution is -2.16. The van der Waals surface area contributed by atoms with E-state index < -0.39 is 0 Å². The van der Waals surface area contributed by atoms with Crippen molar-refractivity contribution < 1.29 is 0 Å². The van der Waals surface area contributed by atoms with Gasteiger partial charge in [-0.25, -0.2) is 0 Å². The van der Waals surface area contributed by atoms with E-state index in [1.54, 1.807) is 0 Å². The van der Waals surface area contributed by atoms with Crippen LogP contribution in [0.1, 0.15) is 0 Å². The van der Waals surface area contributed by atoms with E-state index in [1.165, 1.54) is 0 Å². The molecule has 0 rings (SSSR count). The van der Waals surface area contributed by atoms with Gasteiger partial charge in [0.25, 0.3) is 0 Å². The van der Waals surface area contributed by atoms with Crippen LogP contribution in [0.4, 0.5) is 0 Å². The number of thiocarbonyl (C=S) groups is 1. The smallest absolute Gasteiger partial charge is 0.0588 e. The third kappa shape index (κ3) is 6.40. The SMILES string of the molecule is CN(C)CC(=S)S. The molecule has 0 aromatic heterocycles.